The molecule has 1 aromatic carbocycles. The Hall–Kier alpha value is -2.35. The maximum Gasteiger partial charge on any atom is 0.263 e. The Morgan fingerprint density at radius 3 is 2.83 bits per heavy atom. The molecule has 1 saturated heterocycles. The molecule has 1 amide bonds. The Labute approximate surface area is 137 Å². The van der Waals surface area contributed by atoms with Crippen molar-refractivity contribution in [1.29, 1.82) is 0 Å². The normalized spacial score (nSPS) is 17.7. The molecule has 8 heteroatoms. The van der Waals surface area contributed by atoms with Crippen molar-refractivity contribution in [2.45, 2.75) is 25.8 Å². The van der Waals surface area contributed by atoms with Gasteiger partial charge in [-0.25, -0.2) is 8.78 Å². The molecular formula is C16H17F2N3O3. The highest BCUT2D eigenvalue weighted by Crippen LogP contribution is 2.24. The molecule has 1 N–H and O–H groups in total. The minimum Gasteiger partial charge on any atom is -0.381 e. The van der Waals surface area contributed by atoms with E-state index in [1.165, 1.54) is 6.07 Å². The molecule has 0 unspecified atom stereocenters. The number of benzene rings is 1. The van der Waals surface area contributed by atoms with Gasteiger partial charge < -0.3 is 14.6 Å². The second-order valence-corrected chi connectivity index (χ2v) is 5.68. The lowest BCUT2D eigenvalue weighted by Crippen LogP contribution is -2.28. The molecule has 128 valence electrons. The van der Waals surface area contributed by atoms with Crippen LogP contribution in [0.15, 0.2) is 22.7 Å². The number of nitrogens with zero attached hydrogens (tertiary/aromatic N) is 2. The number of nitrogens with one attached hydrogen (secondary N) is 1. The van der Waals surface area contributed by atoms with E-state index in [2.05, 4.69) is 15.5 Å². The number of carbonyl (C=O) groups is 1. The molecule has 2 heterocycles. The topological polar surface area (TPSA) is 77.2 Å². The number of ether oxygens (including phenoxy) is 1. The molecule has 24 heavy (non-hydrogen) atoms. The molecule has 1 atom stereocenters. The number of carbonyl (C=O) groups excluding carboxylic acids is 1. The first kappa shape index (κ1) is 16.5. The van der Waals surface area contributed by atoms with Crippen molar-refractivity contribution < 1.29 is 22.8 Å². The predicted molar refractivity (Wildman–Crippen MR) is 79.7 cm³/mol. The molecule has 1 aliphatic heterocycles. The molecule has 1 fully saturated rings. The van der Waals surface area contributed by atoms with Crippen LogP contribution in [-0.4, -0.2) is 29.3 Å². The standard InChI is InChI=1S/C16H17F2N3O3/c17-11-4-1-5-12(18)15(11)16-20-13(21-24-16)8-19-14(22)7-10-3-2-6-23-9-10/h1,4-5,10H,2-3,6-9H2,(H,19,22)/t10-/m1/s1. The maximum absolute atomic E-state index is 13.7. The quantitative estimate of drug-likeness (QED) is 0.907. The fourth-order valence-electron chi connectivity index (χ4n) is 2.61. The highest BCUT2D eigenvalue weighted by atomic mass is 19.1. The van der Waals surface area contributed by atoms with Gasteiger partial charge in [0.05, 0.1) is 6.54 Å². The van der Waals surface area contributed by atoms with Crippen LogP contribution < -0.4 is 5.32 Å². The van der Waals surface area contributed by atoms with E-state index < -0.39 is 11.6 Å². The van der Waals surface area contributed by atoms with E-state index in [1.807, 2.05) is 0 Å². The molecule has 6 nitrogen and oxygen atoms in total. The van der Waals surface area contributed by atoms with Crippen molar-refractivity contribution in [3.05, 3.63) is 35.7 Å². The monoisotopic (exact) mass is 337 g/mol. The molecular weight excluding hydrogens is 320 g/mol. The summed E-state index contributed by atoms with van der Waals surface area (Å²) in [7, 11) is 0. The van der Waals surface area contributed by atoms with Crippen molar-refractivity contribution in [3.63, 3.8) is 0 Å². The average molecular weight is 337 g/mol. The molecule has 0 spiro atoms. The highest BCUT2D eigenvalue weighted by molar-refractivity contribution is 5.76. The summed E-state index contributed by atoms with van der Waals surface area (Å²) in [4.78, 5) is 15.8. The first-order valence-corrected chi connectivity index (χ1v) is 7.75. The first-order chi connectivity index (χ1) is 11.6. The summed E-state index contributed by atoms with van der Waals surface area (Å²) in [5, 5.41) is 6.31. The third kappa shape index (κ3) is 3.94. The number of hydrogen-bond acceptors (Lipinski definition) is 5. The van der Waals surface area contributed by atoms with Crippen molar-refractivity contribution in [1.82, 2.24) is 15.5 Å². The summed E-state index contributed by atoms with van der Waals surface area (Å²) in [5.41, 5.74) is -0.373. The van der Waals surface area contributed by atoms with Gasteiger partial charge in [0.25, 0.3) is 5.89 Å². The second kappa shape index (κ2) is 7.48. The van der Waals surface area contributed by atoms with Gasteiger partial charge in [-0.15, -0.1) is 0 Å². The van der Waals surface area contributed by atoms with E-state index in [-0.39, 0.29) is 35.6 Å². The fourth-order valence-corrected chi connectivity index (χ4v) is 2.61. The fraction of sp³-hybridized carbons (Fsp3) is 0.438. The van der Waals surface area contributed by atoms with E-state index >= 15 is 0 Å². The molecule has 3 rings (SSSR count). The molecule has 1 aliphatic rings. The van der Waals surface area contributed by atoms with Crippen LogP contribution >= 0.6 is 0 Å². The Bertz CT molecular complexity index is 694. The van der Waals surface area contributed by atoms with Gasteiger partial charge in [0.1, 0.15) is 17.2 Å². The summed E-state index contributed by atoms with van der Waals surface area (Å²) in [6.45, 7) is 1.37. The van der Waals surface area contributed by atoms with E-state index in [0.717, 1.165) is 31.6 Å². The summed E-state index contributed by atoms with van der Waals surface area (Å²) >= 11 is 0. The number of hydrogen-bond donors (Lipinski definition) is 1. The van der Waals surface area contributed by atoms with E-state index in [1.54, 1.807) is 0 Å². The summed E-state index contributed by atoms with van der Waals surface area (Å²) < 4.78 is 37.6. The number of halogens is 2. The van der Waals surface area contributed by atoms with Crippen LogP contribution in [0.25, 0.3) is 11.5 Å². The van der Waals surface area contributed by atoms with Crippen LogP contribution in [0.3, 0.4) is 0 Å². The lowest BCUT2D eigenvalue weighted by Gasteiger charge is -2.21. The van der Waals surface area contributed by atoms with Crippen molar-refractivity contribution >= 4 is 5.91 Å². The van der Waals surface area contributed by atoms with Gasteiger partial charge in [-0.2, -0.15) is 4.98 Å². The Morgan fingerprint density at radius 2 is 2.12 bits per heavy atom. The highest BCUT2D eigenvalue weighted by Gasteiger charge is 2.20. The minimum atomic E-state index is -0.786. The summed E-state index contributed by atoms with van der Waals surface area (Å²) in [5.74, 6) is -1.60. The van der Waals surface area contributed by atoms with Gasteiger partial charge in [0.15, 0.2) is 5.82 Å². The van der Waals surface area contributed by atoms with Crippen LogP contribution in [0.1, 0.15) is 25.1 Å². The Kier molecular flexibility index (Phi) is 5.14. The molecule has 2 aromatic rings. The minimum absolute atomic E-state index is 0.0337. The van der Waals surface area contributed by atoms with Crippen LogP contribution in [0.5, 0.6) is 0 Å². The van der Waals surface area contributed by atoms with Crippen LogP contribution in [0.4, 0.5) is 8.78 Å². The third-order valence-electron chi connectivity index (χ3n) is 3.82. The van der Waals surface area contributed by atoms with Gasteiger partial charge in [0.2, 0.25) is 5.91 Å². The van der Waals surface area contributed by atoms with Crippen molar-refractivity contribution in [2.24, 2.45) is 5.92 Å². The van der Waals surface area contributed by atoms with Crippen molar-refractivity contribution in [3.8, 4) is 11.5 Å². The van der Waals surface area contributed by atoms with E-state index in [4.69, 9.17) is 9.26 Å². The van der Waals surface area contributed by atoms with Gasteiger partial charge in [0, 0.05) is 19.6 Å². The first-order valence-electron chi connectivity index (χ1n) is 7.75. The van der Waals surface area contributed by atoms with Crippen LogP contribution in [0.2, 0.25) is 0 Å². The largest absolute Gasteiger partial charge is 0.381 e. The predicted octanol–water partition coefficient (Wildman–Crippen LogP) is 2.45. The smallest absolute Gasteiger partial charge is 0.263 e. The van der Waals surface area contributed by atoms with Gasteiger partial charge in [-0.05, 0) is 30.9 Å². The molecule has 0 saturated carbocycles. The van der Waals surface area contributed by atoms with Gasteiger partial charge in [-0.3, -0.25) is 4.79 Å². The molecule has 0 aliphatic carbocycles. The zero-order valence-electron chi connectivity index (χ0n) is 12.9. The van der Waals surface area contributed by atoms with E-state index in [9.17, 15) is 13.6 Å². The Morgan fingerprint density at radius 1 is 1.33 bits per heavy atom. The lowest BCUT2D eigenvalue weighted by molar-refractivity contribution is -0.123. The SMILES string of the molecule is O=C(C[C@H]1CCCOC1)NCc1noc(-c2c(F)cccc2F)n1. The second-order valence-electron chi connectivity index (χ2n) is 5.68. The van der Waals surface area contributed by atoms with E-state index in [0.29, 0.717) is 13.0 Å². The maximum atomic E-state index is 13.7. The summed E-state index contributed by atoms with van der Waals surface area (Å²) in [6.07, 6.45) is 2.29. The number of amides is 1. The van der Waals surface area contributed by atoms with Crippen LogP contribution in [-0.2, 0) is 16.1 Å². The summed E-state index contributed by atoms with van der Waals surface area (Å²) in [6, 6.07) is 3.47. The molecule has 0 bridgehead atoms. The van der Waals surface area contributed by atoms with Gasteiger partial charge in [-0.1, -0.05) is 11.2 Å². The zero-order chi connectivity index (χ0) is 16.9. The third-order valence-corrected chi connectivity index (χ3v) is 3.82. The van der Waals surface area contributed by atoms with Crippen LogP contribution in [0, 0.1) is 17.6 Å². The Balaban J connectivity index is 1.57. The van der Waals surface area contributed by atoms with Gasteiger partial charge >= 0.3 is 0 Å². The zero-order valence-corrected chi connectivity index (χ0v) is 12.9. The lowest BCUT2D eigenvalue weighted by atomic mass is 9.98. The number of aromatic nitrogens is 2. The number of rotatable bonds is 5. The molecule has 0 radical (unpaired) electrons. The molecule has 1 aromatic heterocycles. The van der Waals surface area contributed by atoms with Crippen molar-refractivity contribution in [2.75, 3.05) is 13.2 Å². The average Bonchev–Trinajstić information content (AvgIpc) is 3.02.